The number of hydrogen-bond donors (Lipinski definition) is 1. The summed E-state index contributed by atoms with van der Waals surface area (Å²) in [5.74, 6) is -2.14. The van der Waals surface area contributed by atoms with Crippen LogP contribution in [0.1, 0.15) is 22.2 Å². The number of rotatable bonds is 6. The van der Waals surface area contributed by atoms with Crippen LogP contribution in [0.3, 0.4) is 0 Å². The van der Waals surface area contributed by atoms with Crippen LogP contribution in [0.2, 0.25) is 5.02 Å². The van der Waals surface area contributed by atoms with Crippen LogP contribution < -0.4 is 14.4 Å². The van der Waals surface area contributed by atoms with Crippen LogP contribution in [-0.4, -0.2) is 31.0 Å². The van der Waals surface area contributed by atoms with Crippen LogP contribution in [0.4, 0.5) is 10.1 Å². The van der Waals surface area contributed by atoms with E-state index >= 15 is 0 Å². The Morgan fingerprint density at radius 1 is 1.06 bits per heavy atom. The molecule has 0 fully saturated rings. The Balaban J connectivity index is 1.68. The molecule has 1 N–H and O–H groups in total. The highest BCUT2D eigenvalue weighted by Gasteiger charge is 2.45. The van der Waals surface area contributed by atoms with Gasteiger partial charge in [-0.15, -0.1) is 0 Å². The van der Waals surface area contributed by atoms with Crippen LogP contribution >= 0.6 is 11.6 Å². The summed E-state index contributed by atoms with van der Waals surface area (Å²) in [4.78, 5) is 28.3. The zero-order valence-corrected chi connectivity index (χ0v) is 19.9. The fourth-order valence-electron chi connectivity index (χ4n) is 4.31. The van der Waals surface area contributed by atoms with Gasteiger partial charge < -0.3 is 19.0 Å². The number of carbonyl (C=O) groups excluding carboxylic acids is 2. The third-order valence-corrected chi connectivity index (χ3v) is 6.28. The zero-order valence-electron chi connectivity index (χ0n) is 19.1. The van der Waals surface area contributed by atoms with Crippen LogP contribution in [0.15, 0.2) is 82.5 Å². The van der Waals surface area contributed by atoms with Crippen molar-refractivity contribution in [1.82, 2.24) is 0 Å². The van der Waals surface area contributed by atoms with E-state index in [2.05, 4.69) is 0 Å². The molecule has 1 aliphatic rings. The second-order valence-corrected chi connectivity index (χ2v) is 8.44. The maximum absolute atomic E-state index is 13.9. The lowest BCUT2D eigenvalue weighted by molar-refractivity contribution is -0.117. The van der Waals surface area contributed by atoms with Crippen LogP contribution in [-0.2, 0) is 4.79 Å². The first-order valence-electron chi connectivity index (χ1n) is 10.8. The molecule has 0 saturated carbocycles. The van der Waals surface area contributed by atoms with Crippen molar-refractivity contribution in [2.45, 2.75) is 6.04 Å². The molecule has 7 nitrogen and oxygen atoms in total. The van der Waals surface area contributed by atoms with Gasteiger partial charge >= 0.3 is 0 Å². The SMILES string of the molecule is COc1cccc(C2C(C(=O)c3cc4cccc(OC)c4o3)=C(O)C(=O)N2c2ccc(F)c(Cl)c2)c1. The fourth-order valence-corrected chi connectivity index (χ4v) is 4.48. The number of ether oxygens (including phenoxy) is 2. The minimum absolute atomic E-state index is 0.0873. The molecule has 2 heterocycles. The molecule has 4 aromatic rings. The molecule has 1 aromatic heterocycles. The molecule has 1 amide bonds. The minimum atomic E-state index is -1.07. The molecule has 0 aliphatic carbocycles. The van der Waals surface area contributed by atoms with Crippen molar-refractivity contribution >= 4 is 39.9 Å². The second kappa shape index (κ2) is 9.05. The predicted molar refractivity (Wildman–Crippen MR) is 131 cm³/mol. The summed E-state index contributed by atoms with van der Waals surface area (Å²) in [6.07, 6.45) is 0. The van der Waals surface area contributed by atoms with Crippen LogP contribution in [0.5, 0.6) is 11.5 Å². The number of ketones is 1. The molecular weight excluding hydrogens is 489 g/mol. The lowest BCUT2D eigenvalue weighted by Crippen LogP contribution is -2.31. The molecule has 36 heavy (non-hydrogen) atoms. The van der Waals surface area contributed by atoms with Crippen molar-refractivity contribution in [2.75, 3.05) is 19.1 Å². The number of carbonyl (C=O) groups is 2. The minimum Gasteiger partial charge on any atom is -0.503 e. The normalized spacial score (nSPS) is 15.6. The predicted octanol–water partition coefficient (Wildman–Crippen LogP) is 6.03. The van der Waals surface area contributed by atoms with Crippen molar-refractivity contribution in [3.63, 3.8) is 0 Å². The van der Waals surface area contributed by atoms with Gasteiger partial charge in [-0.1, -0.05) is 35.9 Å². The third-order valence-electron chi connectivity index (χ3n) is 6.00. The maximum atomic E-state index is 13.9. The van der Waals surface area contributed by atoms with E-state index < -0.39 is 29.3 Å². The molecular formula is C27H19ClFNO6. The number of methoxy groups -OCH3 is 2. The van der Waals surface area contributed by atoms with Gasteiger partial charge in [-0.25, -0.2) is 4.39 Å². The zero-order chi connectivity index (χ0) is 25.6. The number of fused-ring (bicyclic) bond motifs is 1. The Bertz CT molecular complexity index is 1560. The molecule has 5 rings (SSSR count). The number of halogens is 2. The number of aliphatic hydroxyl groups is 1. The van der Waals surface area contributed by atoms with E-state index in [9.17, 15) is 19.1 Å². The van der Waals surface area contributed by atoms with Gasteiger partial charge in [0.15, 0.2) is 22.9 Å². The van der Waals surface area contributed by atoms with Crippen molar-refractivity contribution in [2.24, 2.45) is 0 Å². The van der Waals surface area contributed by atoms with Crippen molar-refractivity contribution < 1.29 is 33.0 Å². The molecule has 1 aliphatic heterocycles. The number of amides is 1. The summed E-state index contributed by atoms with van der Waals surface area (Å²) in [6, 6.07) is 16.1. The molecule has 1 unspecified atom stereocenters. The van der Waals surface area contributed by atoms with Gasteiger partial charge in [0.1, 0.15) is 11.6 Å². The largest absolute Gasteiger partial charge is 0.503 e. The Morgan fingerprint density at radius 3 is 2.56 bits per heavy atom. The van der Waals surface area contributed by atoms with Gasteiger partial charge in [0.05, 0.1) is 30.9 Å². The van der Waals surface area contributed by atoms with E-state index in [0.717, 1.165) is 6.07 Å². The average molecular weight is 508 g/mol. The number of aliphatic hydroxyl groups excluding tert-OH is 1. The lowest BCUT2D eigenvalue weighted by Gasteiger charge is -2.27. The first-order valence-corrected chi connectivity index (χ1v) is 11.2. The highest BCUT2D eigenvalue weighted by molar-refractivity contribution is 6.31. The molecule has 0 spiro atoms. The van der Waals surface area contributed by atoms with Crippen LogP contribution in [0, 0.1) is 5.82 Å². The Morgan fingerprint density at radius 2 is 1.83 bits per heavy atom. The second-order valence-electron chi connectivity index (χ2n) is 8.03. The standard InChI is InChI=1S/C27H19ClFNO6/c1-34-17-7-3-5-14(11-17)23-22(24(31)21-12-15-6-4-8-20(35-2)26(15)36-21)25(32)27(33)30(23)16-9-10-19(29)18(28)13-16/h3-13,23,32H,1-2H3. The molecule has 3 aromatic carbocycles. The van der Waals surface area contributed by atoms with Crippen molar-refractivity contribution in [3.8, 4) is 11.5 Å². The highest BCUT2D eigenvalue weighted by atomic mass is 35.5. The first kappa shape index (κ1) is 23.4. The number of anilines is 1. The maximum Gasteiger partial charge on any atom is 0.294 e. The van der Waals surface area contributed by atoms with E-state index in [-0.39, 0.29) is 22.0 Å². The monoisotopic (exact) mass is 507 g/mol. The molecule has 9 heteroatoms. The molecule has 1 atom stereocenters. The number of hydrogen-bond acceptors (Lipinski definition) is 6. The smallest absolute Gasteiger partial charge is 0.294 e. The summed E-state index contributed by atoms with van der Waals surface area (Å²) >= 11 is 5.98. The molecule has 0 saturated heterocycles. The summed E-state index contributed by atoms with van der Waals surface area (Å²) in [6.45, 7) is 0. The van der Waals surface area contributed by atoms with Crippen molar-refractivity contribution in [1.29, 1.82) is 0 Å². The molecule has 182 valence electrons. The summed E-state index contributed by atoms with van der Waals surface area (Å²) in [5, 5.41) is 11.3. The van der Waals surface area contributed by atoms with Crippen LogP contribution in [0.25, 0.3) is 11.0 Å². The number of benzene rings is 3. The van der Waals surface area contributed by atoms with E-state index in [1.54, 1.807) is 42.5 Å². The van der Waals surface area contributed by atoms with E-state index in [1.165, 1.54) is 37.3 Å². The summed E-state index contributed by atoms with van der Waals surface area (Å²) < 4.78 is 30.3. The Labute approximate surface area is 209 Å². The summed E-state index contributed by atoms with van der Waals surface area (Å²) in [7, 11) is 2.96. The van der Waals surface area contributed by atoms with Gasteiger partial charge in [0, 0.05) is 11.1 Å². The molecule has 0 bridgehead atoms. The van der Waals surface area contributed by atoms with E-state index in [1.807, 2.05) is 0 Å². The topological polar surface area (TPSA) is 89.2 Å². The van der Waals surface area contributed by atoms with E-state index in [0.29, 0.717) is 28.0 Å². The number of furan rings is 1. The van der Waals surface area contributed by atoms with Gasteiger partial charge in [0.25, 0.3) is 5.91 Å². The number of para-hydroxylation sites is 1. The van der Waals surface area contributed by atoms with Gasteiger partial charge in [-0.05, 0) is 48.0 Å². The highest BCUT2D eigenvalue weighted by Crippen LogP contribution is 2.44. The van der Waals surface area contributed by atoms with Crippen molar-refractivity contribution in [3.05, 3.63) is 100 Å². The molecule has 0 radical (unpaired) electrons. The fraction of sp³-hybridized carbons (Fsp3) is 0.111. The lowest BCUT2D eigenvalue weighted by atomic mass is 9.94. The third kappa shape index (κ3) is 3.76. The van der Waals surface area contributed by atoms with E-state index in [4.69, 9.17) is 25.5 Å². The van der Waals surface area contributed by atoms with Gasteiger partial charge in [-0.3, -0.25) is 14.5 Å². The Hall–Kier alpha value is -4.30. The first-order chi connectivity index (χ1) is 17.3. The Kier molecular flexibility index (Phi) is 5.89. The van der Waals surface area contributed by atoms with Gasteiger partial charge in [0.2, 0.25) is 5.78 Å². The average Bonchev–Trinajstić information content (AvgIpc) is 3.44. The number of Topliss-reactive ketones (excluding diaryl/α,β-unsaturated/α-hetero) is 1. The summed E-state index contributed by atoms with van der Waals surface area (Å²) in [5.41, 5.74) is 0.823. The van der Waals surface area contributed by atoms with Gasteiger partial charge in [-0.2, -0.15) is 0 Å². The number of nitrogens with zero attached hydrogens (tertiary/aromatic N) is 1. The quantitative estimate of drug-likeness (QED) is 0.321.